The zero-order valence-electron chi connectivity index (χ0n) is 14.8. The SMILES string of the molecule is C[C@@H]1Cc2ccccc2N1S(=O)(=O)c1ccc2c(c1)CCC(C)(C)O2. The second-order valence-corrected chi connectivity index (χ2v) is 9.43. The molecule has 0 unspecified atom stereocenters. The summed E-state index contributed by atoms with van der Waals surface area (Å²) in [6.45, 7) is 6.08. The minimum atomic E-state index is -3.59. The molecule has 25 heavy (non-hydrogen) atoms. The highest BCUT2D eigenvalue weighted by molar-refractivity contribution is 7.92. The lowest BCUT2D eigenvalue weighted by molar-refractivity contribution is 0.0845. The second-order valence-electron chi connectivity index (χ2n) is 7.61. The van der Waals surface area contributed by atoms with E-state index in [0.29, 0.717) is 4.90 Å². The van der Waals surface area contributed by atoms with Crippen LogP contribution in [0.4, 0.5) is 5.69 Å². The number of ether oxygens (including phenoxy) is 1. The highest BCUT2D eigenvalue weighted by atomic mass is 32.2. The number of nitrogens with zero attached hydrogens (tertiary/aromatic N) is 1. The highest BCUT2D eigenvalue weighted by Gasteiger charge is 2.36. The van der Waals surface area contributed by atoms with Crippen molar-refractivity contribution in [1.29, 1.82) is 0 Å². The summed E-state index contributed by atoms with van der Waals surface area (Å²) in [5.74, 6) is 0.796. The number of anilines is 1. The quantitative estimate of drug-likeness (QED) is 0.818. The van der Waals surface area contributed by atoms with E-state index < -0.39 is 10.0 Å². The molecule has 2 aliphatic rings. The number of para-hydroxylation sites is 1. The summed E-state index contributed by atoms with van der Waals surface area (Å²) < 4.78 is 34.2. The first-order valence-corrected chi connectivity index (χ1v) is 10.2. The third-order valence-corrected chi connectivity index (χ3v) is 7.04. The van der Waals surface area contributed by atoms with Gasteiger partial charge in [0.25, 0.3) is 10.0 Å². The molecular formula is C20H23NO3S. The Morgan fingerprint density at radius 1 is 1.12 bits per heavy atom. The number of hydrogen-bond acceptors (Lipinski definition) is 3. The van der Waals surface area contributed by atoms with Gasteiger partial charge in [0.2, 0.25) is 0 Å². The summed E-state index contributed by atoms with van der Waals surface area (Å²) in [7, 11) is -3.59. The van der Waals surface area contributed by atoms with Crippen LogP contribution in [0.15, 0.2) is 47.4 Å². The van der Waals surface area contributed by atoms with Gasteiger partial charge >= 0.3 is 0 Å². The molecule has 2 aromatic carbocycles. The summed E-state index contributed by atoms with van der Waals surface area (Å²) in [5.41, 5.74) is 2.66. The first-order chi connectivity index (χ1) is 11.8. The summed E-state index contributed by atoms with van der Waals surface area (Å²) in [6.07, 6.45) is 2.46. The predicted molar refractivity (Wildman–Crippen MR) is 98.7 cm³/mol. The molecule has 132 valence electrons. The van der Waals surface area contributed by atoms with Gasteiger partial charge in [0.05, 0.1) is 10.6 Å². The van der Waals surface area contributed by atoms with Gasteiger partial charge in [-0.05, 0) is 75.4 Å². The fourth-order valence-corrected chi connectivity index (χ4v) is 5.56. The molecule has 0 fully saturated rings. The van der Waals surface area contributed by atoms with Crippen LogP contribution in [-0.2, 0) is 22.9 Å². The zero-order valence-corrected chi connectivity index (χ0v) is 15.6. The molecule has 0 spiro atoms. The average Bonchev–Trinajstić information content (AvgIpc) is 2.89. The molecule has 4 nitrogen and oxygen atoms in total. The van der Waals surface area contributed by atoms with Crippen molar-refractivity contribution in [2.75, 3.05) is 4.31 Å². The van der Waals surface area contributed by atoms with E-state index in [2.05, 4.69) is 13.8 Å². The van der Waals surface area contributed by atoms with Gasteiger partial charge in [0.1, 0.15) is 11.4 Å². The van der Waals surface area contributed by atoms with Crippen molar-refractivity contribution in [2.45, 2.75) is 56.6 Å². The molecule has 4 rings (SSSR count). The largest absolute Gasteiger partial charge is 0.488 e. The Bertz CT molecular complexity index is 934. The molecule has 0 radical (unpaired) electrons. The van der Waals surface area contributed by atoms with Crippen molar-refractivity contribution < 1.29 is 13.2 Å². The van der Waals surface area contributed by atoms with Crippen LogP contribution in [0.2, 0.25) is 0 Å². The fourth-order valence-electron chi connectivity index (χ4n) is 3.81. The Labute approximate surface area is 149 Å². The van der Waals surface area contributed by atoms with Crippen molar-refractivity contribution in [3.05, 3.63) is 53.6 Å². The lowest BCUT2D eigenvalue weighted by Gasteiger charge is -2.33. The molecule has 0 bridgehead atoms. The summed E-state index contributed by atoms with van der Waals surface area (Å²) in [5, 5.41) is 0. The first kappa shape index (κ1) is 16.5. The van der Waals surface area contributed by atoms with Crippen LogP contribution in [-0.4, -0.2) is 20.1 Å². The van der Waals surface area contributed by atoms with E-state index in [9.17, 15) is 8.42 Å². The van der Waals surface area contributed by atoms with Gasteiger partial charge in [-0.15, -0.1) is 0 Å². The topological polar surface area (TPSA) is 46.6 Å². The normalized spacial score (nSPS) is 21.4. The third kappa shape index (κ3) is 2.71. The molecule has 0 saturated heterocycles. The standard InChI is InChI=1S/C20H23NO3S/c1-14-12-15-6-4-5-7-18(15)21(14)25(22,23)17-8-9-19-16(13-17)10-11-20(2,3)24-19/h4-9,13-14H,10-12H2,1-3H3/t14-/m1/s1. The Kier molecular flexibility index (Phi) is 3.62. The van der Waals surface area contributed by atoms with E-state index in [4.69, 9.17) is 4.74 Å². The maximum Gasteiger partial charge on any atom is 0.264 e. The summed E-state index contributed by atoms with van der Waals surface area (Å²) in [4.78, 5) is 0.345. The van der Waals surface area contributed by atoms with E-state index in [1.807, 2.05) is 31.2 Å². The van der Waals surface area contributed by atoms with Crippen molar-refractivity contribution in [3.63, 3.8) is 0 Å². The molecular weight excluding hydrogens is 334 g/mol. The number of hydrogen-bond donors (Lipinski definition) is 0. The number of rotatable bonds is 2. The minimum Gasteiger partial charge on any atom is -0.488 e. The van der Waals surface area contributed by atoms with Crippen LogP contribution in [0, 0.1) is 0 Å². The van der Waals surface area contributed by atoms with Crippen molar-refractivity contribution in [2.24, 2.45) is 0 Å². The van der Waals surface area contributed by atoms with Crippen LogP contribution >= 0.6 is 0 Å². The molecule has 5 heteroatoms. The number of aryl methyl sites for hydroxylation is 1. The van der Waals surface area contributed by atoms with Gasteiger partial charge in [-0.1, -0.05) is 18.2 Å². The summed E-state index contributed by atoms with van der Waals surface area (Å²) in [6, 6.07) is 12.9. The molecule has 2 aliphatic heterocycles. The Balaban J connectivity index is 1.75. The highest BCUT2D eigenvalue weighted by Crippen LogP contribution is 2.39. The lowest BCUT2D eigenvalue weighted by atomic mass is 9.94. The Morgan fingerprint density at radius 3 is 2.68 bits per heavy atom. The third-order valence-electron chi connectivity index (χ3n) is 5.12. The van der Waals surface area contributed by atoms with Gasteiger partial charge < -0.3 is 4.74 Å². The van der Waals surface area contributed by atoms with E-state index in [1.165, 1.54) is 0 Å². The van der Waals surface area contributed by atoms with Crippen LogP contribution in [0.1, 0.15) is 38.3 Å². The van der Waals surface area contributed by atoms with E-state index in [-0.39, 0.29) is 11.6 Å². The number of benzene rings is 2. The predicted octanol–water partition coefficient (Wildman–Crippen LogP) is 3.93. The van der Waals surface area contributed by atoms with Crippen LogP contribution in [0.3, 0.4) is 0 Å². The lowest BCUT2D eigenvalue weighted by Crippen LogP contribution is -2.36. The maximum atomic E-state index is 13.3. The molecule has 0 aromatic heterocycles. The van der Waals surface area contributed by atoms with Gasteiger partial charge in [-0.2, -0.15) is 0 Å². The van der Waals surface area contributed by atoms with Crippen LogP contribution < -0.4 is 9.04 Å². The van der Waals surface area contributed by atoms with Crippen molar-refractivity contribution in [3.8, 4) is 5.75 Å². The van der Waals surface area contributed by atoms with E-state index in [0.717, 1.165) is 41.8 Å². The molecule has 1 atom stereocenters. The van der Waals surface area contributed by atoms with Crippen LogP contribution in [0.25, 0.3) is 0 Å². The van der Waals surface area contributed by atoms with E-state index in [1.54, 1.807) is 22.5 Å². The molecule has 0 amide bonds. The molecule has 0 aliphatic carbocycles. The molecule has 0 N–H and O–H groups in total. The zero-order chi connectivity index (χ0) is 17.8. The number of sulfonamides is 1. The second kappa shape index (κ2) is 5.49. The maximum absolute atomic E-state index is 13.3. The van der Waals surface area contributed by atoms with Gasteiger partial charge in [0, 0.05) is 6.04 Å². The molecule has 0 saturated carbocycles. The molecule has 2 aromatic rings. The fraction of sp³-hybridized carbons (Fsp3) is 0.400. The van der Waals surface area contributed by atoms with Gasteiger partial charge in [-0.3, -0.25) is 4.31 Å². The van der Waals surface area contributed by atoms with Crippen molar-refractivity contribution >= 4 is 15.7 Å². The average molecular weight is 357 g/mol. The van der Waals surface area contributed by atoms with Crippen molar-refractivity contribution in [1.82, 2.24) is 0 Å². The Hall–Kier alpha value is -2.01. The summed E-state index contributed by atoms with van der Waals surface area (Å²) >= 11 is 0. The minimum absolute atomic E-state index is 0.0754. The monoisotopic (exact) mass is 357 g/mol. The Morgan fingerprint density at radius 2 is 1.88 bits per heavy atom. The number of fused-ring (bicyclic) bond motifs is 2. The molecule has 2 heterocycles. The van der Waals surface area contributed by atoms with Gasteiger partial charge in [-0.25, -0.2) is 8.42 Å². The van der Waals surface area contributed by atoms with Gasteiger partial charge in [0.15, 0.2) is 0 Å². The first-order valence-electron chi connectivity index (χ1n) is 8.72. The van der Waals surface area contributed by atoms with Crippen LogP contribution in [0.5, 0.6) is 5.75 Å². The van der Waals surface area contributed by atoms with E-state index >= 15 is 0 Å². The smallest absolute Gasteiger partial charge is 0.264 e.